The van der Waals surface area contributed by atoms with Gasteiger partial charge in [-0.25, -0.2) is 0 Å². The maximum absolute atomic E-state index is 2.36. The van der Waals surface area contributed by atoms with E-state index >= 15 is 0 Å². The van der Waals surface area contributed by atoms with E-state index < -0.39 is 0 Å². The molecular weight excluding hydrogens is 240 g/mol. The molecule has 2 rings (SSSR count). The van der Waals surface area contributed by atoms with Crippen LogP contribution in [0.4, 0.5) is 0 Å². The Morgan fingerprint density at radius 2 is 1.25 bits per heavy atom. The molecule has 0 amide bonds. The Balaban J connectivity index is 2.48. The molecule has 2 aromatic rings. The monoisotopic (exact) mass is 266 g/mol. The zero-order valence-electron chi connectivity index (χ0n) is 13.4. The molecule has 20 heavy (non-hydrogen) atoms. The van der Waals surface area contributed by atoms with Crippen LogP contribution in [0.3, 0.4) is 0 Å². The van der Waals surface area contributed by atoms with Gasteiger partial charge in [-0.2, -0.15) is 0 Å². The predicted molar refractivity (Wildman–Crippen MR) is 89.0 cm³/mol. The molecule has 0 unspecified atom stereocenters. The molecule has 0 spiro atoms. The van der Waals surface area contributed by atoms with E-state index in [1.165, 1.54) is 23.1 Å². The Labute approximate surface area is 123 Å². The van der Waals surface area contributed by atoms with Gasteiger partial charge in [0.2, 0.25) is 0 Å². The van der Waals surface area contributed by atoms with Crippen LogP contribution in [0, 0.1) is 5.41 Å². The van der Waals surface area contributed by atoms with E-state index in [2.05, 4.69) is 89.2 Å². The zero-order valence-corrected chi connectivity index (χ0v) is 13.4. The fourth-order valence-corrected chi connectivity index (χ4v) is 3.36. The first-order valence-electron chi connectivity index (χ1n) is 7.45. The second-order valence-corrected chi connectivity index (χ2v) is 7.53. The van der Waals surface area contributed by atoms with Crippen molar-refractivity contribution in [2.45, 2.75) is 46.5 Å². The van der Waals surface area contributed by atoms with Gasteiger partial charge in [-0.3, -0.25) is 0 Å². The van der Waals surface area contributed by atoms with Crippen LogP contribution < -0.4 is 0 Å². The fraction of sp³-hybridized carbons (Fsp3) is 0.400. The number of benzene rings is 2. The smallest absolute Gasteiger partial charge is 0.00924 e. The molecule has 0 aromatic heterocycles. The molecule has 0 saturated carbocycles. The number of hydrogen-bond acceptors (Lipinski definition) is 0. The summed E-state index contributed by atoms with van der Waals surface area (Å²) in [4.78, 5) is 0. The lowest BCUT2D eigenvalue weighted by molar-refractivity contribution is 0.284. The maximum Gasteiger partial charge on any atom is -0.00924 e. The summed E-state index contributed by atoms with van der Waals surface area (Å²) in [6.07, 6.45) is 1.17. The van der Waals surface area contributed by atoms with Gasteiger partial charge in [0.1, 0.15) is 0 Å². The van der Waals surface area contributed by atoms with Gasteiger partial charge in [-0.1, -0.05) is 89.2 Å². The van der Waals surface area contributed by atoms with Crippen molar-refractivity contribution in [3.8, 4) is 11.1 Å². The van der Waals surface area contributed by atoms with E-state index in [4.69, 9.17) is 0 Å². The van der Waals surface area contributed by atoms with E-state index in [1.807, 2.05) is 0 Å². The van der Waals surface area contributed by atoms with Crippen molar-refractivity contribution in [2.24, 2.45) is 5.41 Å². The van der Waals surface area contributed by atoms with Crippen LogP contribution in [0.1, 0.15) is 46.6 Å². The Kier molecular flexibility index (Phi) is 4.04. The fourth-order valence-electron chi connectivity index (χ4n) is 3.36. The molecule has 0 bridgehead atoms. The third kappa shape index (κ3) is 3.50. The first-order chi connectivity index (χ1) is 9.30. The highest BCUT2D eigenvalue weighted by Gasteiger charge is 2.29. The minimum Gasteiger partial charge on any atom is -0.0622 e. The topological polar surface area (TPSA) is 0 Å². The first kappa shape index (κ1) is 14.8. The van der Waals surface area contributed by atoms with Gasteiger partial charge >= 0.3 is 0 Å². The van der Waals surface area contributed by atoms with Gasteiger partial charge in [0.15, 0.2) is 0 Å². The van der Waals surface area contributed by atoms with Crippen molar-refractivity contribution < 1.29 is 0 Å². The minimum absolute atomic E-state index is 0.171. The lowest BCUT2D eigenvalue weighted by Gasteiger charge is -2.34. The Morgan fingerprint density at radius 1 is 0.700 bits per heavy atom. The molecule has 0 fully saturated rings. The summed E-state index contributed by atoms with van der Waals surface area (Å²) >= 11 is 0. The quantitative estimate of drug-likeness (QED) is 0.632. The summed E-state index contributed by atoms with van der Waals surface area (Å²) in [6, 6.07) is 19.5. The largest absolute Gasteiger partial charge is 0.0622 e. The molecule has 2 aromatic carbocycles. The van der Waals surface area contributed by atoms with Crippen LogP contribution in [0.15, 0.2) is 54.6 Å². The van der Waals surface area contributed by atoms with Gasteiger partial charge in [0.05, 0.1) is 0 Å². The molecule has 0 nitrogen and oxygen atoms in total. The molecule has 106 valence electrons. The van der Waals surface area contributed by atoms with Crippen molar-refractivity contribution in [3.63, 3.8) is 0 Å². The molecule has 0 aliphatic heterocycles. The lowest BCUT2D eigenvalue weighted by Crippen LogP contribution is -2.25. The molecular formula is C20H26. The summed E-state index contributed by atoms with van der Waals surface area (Å²) in [5, 5.41) is 0. The van der Waals surface area contributed by atoms with Crippen LogP contribution >= 0.6 is 0 Å². The molecule has 0 heteroatoms. The Hall–Kier alpha value is -1.56. The summed E-state index contributed by atoms with van der Waals surface area (Å²) < 4.78 is 0. The first-order valence-corrected chi connectivity index (χ1v) is 7.45. The minimum atomic E-state index is 0.171. The SMILES string of the molecule is CC(C)(C)CC(C)(C)c1ccccc1-c1ccccc1. The van der Waals surface area contributed by atoms with Crippen molar-refractivity contribution in [2.75, 3.05) is 0 Å². The summed E-state index contributed by atoms with van der Waals surface area (Å²) in [5.74, 6) is 0. The third-order valence-electron chi connectivity index (χ3n) is 3.71. The molecule has 0 atom stereocenters. The third-order valence-corrected chi connectivity index (χ3v) is 3.71. The van der Waals surface area contributed by atoms with Gasteiger partial charge in [0, 0.05) is 0 Å². The second kappa shape index (κ2) is 5.44. The summed E-state index contributed by atoms with van der Waals surface area (Å²) in [5.41, 5.74) is 4.62. The average Bonchev–Trinajstić information content (AvgIpc) is 2.37. The standard InChI is InChI=1S/C20H26/c1-19(2,3)15-20(4,5)18-14-10-9-13-17(18)16-11-7-6-8-12-16/h6-14H,15H2,1-5H3. The maximum atomic E-state index is 2.36. The van der Waals surface area contributed by atoms with Crippen LogP contribution in [-0.2, 0) is 5.41 Å². The van der Waals surface area contributed by atoms with Crippen molar-refractivity contribution in [1.29, 1.82) is 0 Å². The van der Waals surface area contributed by atoms with E-state index in [0.717, 1.165) is 0 Å². The highest BCUT2D eigenvalue weighted by atomic mass is 14.3. The lowest BCUT2D eigenvalue weighted by atomic mass is 9.70. The molecule has 0 aliphatic carbocycles. The van der Waals surface area contributed by atoms with Crippen molar-refractivity contribution in [3.05, 3.63) is 60.2 Å². The van der Waals surface area contributed by atoms with Gasteiger partial charge in [0.25, 0.3) is 0 Å². The summed E-state index contributed by atoms with van der Waals surface area (Å²) in [7, 11) is 0. The van der Waals surface area contributed by atoms with Crippen molar-refractivity contribution in [1.82, 2.24) is 0 Å². The van der Waals surface area contributed by atoms with Crippen LogP contribution in [0.5, 0.6) is 0 Å². The molecule has 0 N–H and O–H groups in total. The average molecular weight is 266 g/mol. The van der Waals surface area contributed by atoms with Crippen LogP contribution in [-0.4, -0.2) is 0 Å². The zero-order chi connectivity index (χ0) is 14.8. The van der Waals surface area contributed by atoms with E-state index in [1.54, 1.807) is 0 Å². The Morgan fingerprint density at radius 3 is 1.85 bits per heavy atom. The second-order valence-electron chi connectivity index (χ2n) is 7.53. The van der Waals surface area contributed by atoms with Gasteiger partial charge < -0.3 is 0 Å². The van der Waals surface area contributed by atoms with Crippen LogP contribution in [0.25, 0.3) is 11.1 Å². The van der Waals surface area contributed by atoms with Crippen molar-refractivity contribution >= 4 is 0 Å². The molecule has 0 heterocycles. The van der Waals surface area contributed by atoms with E-state index in [9.17, 15) is 0 Å². The van der Waals surface area contributed by atoms with E-state index in [-0.39, 0.29) is 5.41 Å². The molecule has 0 aliphatic rings. The molecule has 0 saturated heterocycles. The van der Waals surface area contributed by atoms with Gasteiger partial charge in [-0.05, 0) is 33.9 Å². The van der Waals surface area contributed by atoms with Gasteiger partial charge in [-0.15, -0.1) is 0 Å². The van der Waals surface area contributed by atoms with Crippen LogP contribution in [0.2, 0.25) is 0 Å². The highest BCUT2D eigenvalue weighted by Crippen LogP contribution is 2.40. The number of rotatable bonds is 3. The predicted octanol–water partition coefficient (Wildman–Crippen LogP) is 6.07. The molecule has 0 radical (unpaired) electrons. The Bertz CT molecular complexity index is 556. The van der Waals surface area contributed by atoms with E-state index in [0.29, 0.717) is 5.41 Å². The number of hydrogen-bond donors (Lipinski definition) is 0. The highest BCUT2D eigenvalue weighted by molar-refractivity contribution is 5.68. The normalized spacial score (nSPS) is 12.4. The summed E-state index contributed by atoms with van der Waals surface area (Å²) in [6.45, 7) is 11.7.